The second kappa shape index (κ2) is 7.18. The Morgan fingerprint density at radius 3 is 3.00 bits per heavy atom. The third-order valence-electron chi connectivity index (χ3n) is 1.31. The van der Waals surface area contributed by atoms with E-state index in [4.69, 9.17) is 5.73 Å². The topological polar surface area (TPSA) is 52.3 Å². The minimum atomic E-state index is -0.479. The summed E-state index contributed by atoms with van der Waals surface area (Å²) >= 11 is 1.70. The van der Waals surface area contributed by atoms with Crippen molar-refractivity contribution < 1.29 is 9.53 Å². The zero-order chi connectivity index (χ0) is 9.40. The number of hydrogen-bond donors (Lipinski definition) is 1. The van der Waals surface area contributed by atoms with Crippen LogP contribution in [0.4, 0.5) is 0 Å². The van der Waals surface area contributed by atoms with Gasteiger partial charge in [0.25, 0.3) is 0 Å². The molecule has 0 spiro atoms. The van der Waals surface area contributed by atoms with Crippen LogP contribution in [-0.4, -0.2) is 30.6 Å². The molecule has 0 aliphatic rings. The van der Waals surface area contributed by atoms with Crippen LogP contribution in [0.1, 0.15) is 6.42 Å². The second-order valence-electron chi connectivity index (χ2n) is 2.28. The summed E-state index contributed by atoms with van der Waals surface area (Å²) < 4.78 is 4.48. The fraction of sp³-hybridized carbons (Fsp3) is 0.625. The fourth-order valence-electron chi connectivity index (χ4n) is 0.646. The summed E-state index contributed by atoms with van der Waals surface area (Å²) in [5, 5.41) is 0. The molecule has 2 N–H and O–H groups in total. The number of carbonyl (C=O) groups is 1. The molecule has 70 valence electrons. The SMILES string of the molecule is C=CCSCCC(N)C(=O)OC. The maximum atomic E-state index is 10.8. The van der Waals surface area contributed by atoms with Crippen molar-refractivity contribution in [2.24, 2.45) is 5.73 Å². The normalized spacial score (nSPS) is 12.2. The number of nitrogens with two attached hydrogens (primary N) is 1. The number of methoxy groups -OCH3 is 1. The lowest BCUT2D eigenvalue weighted by Gasteiger charge is -2.07. The van der Waals surface area contributed by atoms with Crippen LogP contribution in [-0.2, 0) is 9.53 Å². The first kappa shape index (κ1) is 11.5. The largest absolute Gasteiger partial charge is 0.468 e. The Morgan fingerprint density at radius 2 is 2.50 bits per heavy atom. The molecule has 1 unspecified atom stereocenters. The highest BCUT2D eigenvalue weighted by atomic mass is 32.2. The summed E-state index contributed by atoms with van der Waals surface area (Å²) in [5.74, 6) is 1.42. The van der Waals surface area contributed by atoms with Gasteiger partial charge in [-0.1, -0.05) is 6.08 Å². The van der Waals surface area contributed by atoms with Crippen molar-refractivity contribution in [1.29, 1.82) is 0 Å². The first-order valence-corrected chi connectivity index (χ1v) is 4.90. The van der Waals surface area contributed by atoms with E-state index >= 15 is 0 Å². The molecule has 0 saturated carbocycles. The predicted molar refractivity (Wildman–Crippen MR) is 52.1 cm³/mol. The lowest BCUT2D eigenvalue weighted by molar-refractivity contribution is -0.142. The lowest BCUT2D eigenvalue weighted by atomic mass is 10.2. The number of hydrogen-bond acceptors (Lipinski definition) is 4. The summed E-state index contributed by atoms with van der Waals surface area (Å²) in [6.45, 7) is 3.58. The van der Waals surface area contributed by atoms with Gasteiger partial charge in [0.2, 0.25) is 0 Å². The smallest absolute Gasteiger partial charge is 0.322 e. The van der Waals surface area contributed by atoms with Crippen LogP contribution in [0.3, 0.4) is 0 Å². The molecule has 0 bridgehead atoms. The van der Waals surface area contributed by atoms with Crippen molar-refractivity contribution in [3.8, 4) is 0 Å². The van der Waals surface area contributed by atoms with E-state index in [1.807, 2.05) is 6.08 Å². The van der Waals surface area contributed by atoms with Crippen LogP contribution in [0.15, 0.2) is 12.7 Å². The molecule has 0 aromatic rings. The monoisotopic (exact) mass is 189 g/mol. The number of rotatable bonds is 6. The molecule has 3 nitrogen and oxygen atoms in total. The molecule has 0 aromatic heterocycles. The molecule has 0 aliphatic carbocycles. The standard InChI is InChI=1S/C8H15NO2S/c1-3-5-12-6-4-7(9)8(10)11-2/h3,7H,1,4-6,9H2,2H3. The molecular weight excluding hydrogens is 174 g/mol. The first-order chi connectivity index (χ1) is 5.72. The van der Waals surface area contributed by atoms with E-state index < -0.39 is 6.04 Å². The van der Waals surface area contributed by atoms with Gasteiger partial charge in [-0.2, -0.15) is 11.8 Å². The highest BCUT2D eigenvalue weighted by Crippen LogP contribution is 2.04. The van der Waals surface area contributed by atoms with E-state index in [-0.39, 0.29) is 5.97 Å². The maximum absolute atomic E-state index is 10.8. The first-order valence-electron chi connectivity index (χ1n) is 3.74. The third kappa shape index (κ3) is 5.21. The minimum Gasteiger partial charge on any atom is -0.468 e. The van der Waals surface area contributed by atoms with Crippen molar-refractivity contribution in [1.82, 2.24) is 0 Å². The second-order valence-corrected chi connectivity index (χ2v) is 3.43. The van der Waals surface area contributed by atoms with Gasteiger partial charge in [-0.05, 0) is 12.2 Å². The van der Waals surface area contributed by atoms with E-state index in [1.54, 1.807) is 11.8 Å². The van der Waals surface area contributed by atoms with Gasteiger partial charge in [0.15, 0.2) is 0 Å². The predicted octanol–water partition coefficient (Wildman–Crippen LogP) is 0.796. The van der Waals surface area contributed by atoms with Crippen molar-refractivity contribution in [3.63, 3.8) is 0 Å². The van der Waals surface area contributed by atoms with Gasteiger partial charge < -0.3 is 10.5 Å². The Hall–Kier alpha value is -0.480. The molecule has 0 fully saturated rings. The Labute approximate surface area is 77.3 Å². The van der Waals surface area contributed by atoms with Gasteiger partial charge in [-0.15, -0.1) is 6.58 Å². The Morgan fingerprint density at radius 1 is 1.83 bits per heavy atom. The zero-order valence-electron chi connectivity index (χ0n) is 7.29. The summed E-state index contributed by atoms with van der Waals surface area (Å²) in [6.07, 6.45) is 2.49. The lowest BCUT2D eigenvalue weighted by Crippen LogP contribution is -2.31. The van der Waals surface area contributed by atoms with E-state index in [1.165, 1.54) is 7.11 Å². The molecule has 0 rings (SSSR count). The van der Waals surface area contributed by atoms with Crippen LogP contribution in [0.25, 0.3) is 0 Å². The Bertz CT molecular complexity index is 150. The molecule has 0 saturated heterocycles. The van der Waals surface area contributed by atoms with Crippen LogP contribution in [0.2, 0.25) is 0 Å². The molecule has 4 heteroatoms. The van der Waals surface area contributed by atoms with Gasteiger partial charge >= 0.3 is 5.97 Å². The van der Waals surface area contributed by atoms with Crippen molar-refractivity contribution >= 4 is 17.7 Å². The minimum absolute atomic E-state index is 0.339. The van der Waals surface area contributed by atoms with Gasteiger partial charge in [0.05, 0.1) is 7.11 Å². The molecule has 0 amide bonds. The molecule has 1 atom stereocenters. The van der Waals surface area contributed by atoms with E-state index in [9.17, 15) is 4.79 Å². The average molecular weight is 189 g/mol. The van der Waals surface area contributed by atoms with Crippen LogP contribution < -0.4 is 5.73 Å². The molecule has 0 aliphatic heterocycles. The summed E-state index contributed by atoms with van der Waals surface area (Å²) in [7, 11) is 1.35. The van der Waals surface area contributed by atoms with Crippen molar-refractivity contribution in [2.75, 3.05) is 18.6 Å². The maximum Gasteiger partial charge on any atom is 0.322 e. The quantitative estimate of drug-likeness (QED) is 0.381. The van der Waals surface area contributed by atoms with Gasteiger partial charge in [-0.3, -0.25) is 4.79 Å². The molecule has 0 radical (unpaired) electrons. The van der Waals surface area contributed by atoms with Crippen molar-refractivity contribution in [3.05, 3.63) is 12.7 Å². The fourth-order valence-corrected chi connectivity index (χ4v) is 1.40. The van der Waals surface area contributed by atoms with Gasteiger partial charge in [-0.25, -0.2) is 0 Å². The Kier molecular flexibility index (Phi) is 6.90. The molecule has 0 heterocycles. The van der Waals surface area contributed by atoms with Crippen LogP contribution in [0, 0.1) is 0 Å². The van der Waals surface area contributed by atoms with Crippen LogP contribution >= 0.6 is 11.8 Å². The number of thioether (sulfide) groups is 1. The Balaban J connectivity index is 3.36. The summed E-state index contributed by atoms with van der Waals surface area (Å²) in [4.78, 5) is 10.8. The van der Waals surface area contributed by atoms with Gasteiger partial charge in [0, 0.05) is 5.75 Å². The molecular formula is C8H15NO2S. The number of ether oxygens (including phenoxy) is 1. The van der Waals surface area contributed by atoms with Crippen molar-refractivity contribution in [2.45, 2.75) is 12.5 Å². The third-order valence-corrected chi connectivity index (χ3v) is 2.31. The zero-order valence-corrected chi connectivity index (χ0v) is 8.10. The summed E-state index contributed by atoms with van der Waals surface area (Å²) in [6, 6.07) is -0.479. The number of esters is 1. The van der Waals surface area contributed by atoms with E-state index in [0.717, 1.165) is 11.5 Å². The molecule has 0 aromatic carbocycles. The van der Waals surface area contributed by atoms with Crippen LogP contribution in [0.5, 0.6) is 0 Å². The number of carbonyl (C=O) groups excluding carboxylic acids is 1. The highest BCUT2D eigenvalue weighted by Gasteiger charge is 2.12. The molecule has 12 heavy (non-hydrogen) atoms. The van der Waals surface area contributed by atoms with Gasteiger partial charge in [0.1, 0.15) is 6.04 Å². The van der Waals surface area contributed by atoms with E-state index in [0.29, 0.717) is 6.42 Å². The van der Waals surface area contributed by atoms with E-state index in [2.05, 4.69) is 11.3 Å². The highest BCUT2D eigenvalue weighted by molar-refractivity contribution is 7.99. The average Bonchev–Trinajstić information content (AvgIpc) is 2.10. The summed E-state index contributed by atoms with van der Waals surface area (Å²) in [5.41, 5.74) is 5.50.